The maximum Gasteiger partial charge on any atom is 0.0624 e. The molecule has 0 radical (unpaired) electrons. The Morgan fingerprint density at radius 2 is 0.783 bits per heavy atom. The number of hydrogen-bond acceptors (Lipinski definition) is 1. The molecule has 60 heavy (non-hydrogen) atoms. The van der Waals surface area contributed by atoms with Gasteiger partial charge in [-0.2, -0.15) is 0 Å². The fraction of sp³-hybridized carbons (Fsp3) is 0.0508. The van der Waals surface area contributed by atoms with E-state index in [1.54, 1.807) is 0 Å². The molecule has 0 aromatic heterocycles. The largest absolute Gasteiger partial charge is 0.309 e. The smallest absolute Gasteiger partial charge is 0.0624 e. The monoisotopic (exact) mass is 765 g/mol. The van der Waals surface area contributed by atoms with Gasteiger partial charge in [-0.3, -0.25) is 0 Å². The van der Waals surface area contributed by atoms with Gasteiger partial charge >= 0.3 is 0 Å². The van der Waals surface area contributed by atoms with E-state index in [1.165, 1.54) is 94.0 Å². The lowest BCUT2D eigenvalue weighted by atomic mass is 9.82. The Hall–Kier alpha value is -7.48. The van der Waals surface area contributed by atoms with Gasteiger partial charge in [0.05, 0.1) is 5.69 Å². The molecule has 0 fully saturated rings. The molecule has 0 bridgehead atoms. The lowest BCUT2D eigenvalue weighted by molar-refractivity contribution is 0.660. The quantitative estimate of drug-likeness (QED) is 0.146. The predicted octanol–water partition coefficient (Wildman–Crippen LogP) is 16.4. The van der Waals surface area contributed by atoms with Crippen LogP contribution in [-0.4, -0.2) is 0 Å². The lowest BCUT2D eigenvalue weighted by Gasteiger charge is -2.32. The summed E-state index contributed by atoms with van der Waals surface area (Å²) < 4.78 is 0. The second-order valence-corrected chi connectivity index (χ2v) is 16.5. The summed E-state index contributed by atoms with van der Waals surface area (Å²) in [5.41, 5.74) is 18.2. The molecule has 10 aromatic rings. The van der Waals surface area contributed by atoms with Crippen LogP contribution in [0.4, 0.5) is 17.1 Å². The molecule has 0 atom stereocenters. The van der Waals surface area contributed by atoms with Crippen molar-refractivity contribution >= 4 is 38.6 Å². The van der Waals surface area contributed by atoms with Crippen LogP contribution in [0.2, 0.25) is 0 Å². The number of hydrogen-bond donors (Lipinski definition) is 0. The predicted molar refractivity (Wildman–Crippen MR) is 255 cm³/mol. The minimum absolute atomic E-state index is 0.150. The van der Waals surface area contributed by atoms with E-state index in [4.69, 9.17) is 0 Å². The van der Waals surface area contributed by atoms with Crippen molar-refractivity contribution in [2.24, 2.45) is 0 Å². The van der Waals surface area contributed by atoms with Crippen molar-refractivity contribution in [3.8, 4) is 55.6 Å². The first kappa shape index (κ1) is 35.7. The first-order chi connectivity index (χ1) is 29.5. The average molecular weight is 766 g/mol. The molecule has 11 rings (SSSR count). The molecule has 0 spiro atoms. The van der Waals surface area contributed by atoms with E-state index in [2.05, 4.69) is 243 Å². The van der Waals surface area contributed by atoms with Crippen molar-refractivity contribution in [1.29, 1.82) is 0 Å². The number of benzene rings is 10. The van der Waals surface area contributed by atoms with Crippen molar-refractivity contribution in [1.82, 2.24) is 0 Å². The van der Waals surface area contributed by atoms with Gasteiger partial charge in [0.2, 0.25) is 0 Å². The van der Waals surface area contributed by atoms with E-state index in [-0.39, 0.29) is 5.41 Å². The average Bonchev–Trinajstić information content (AvgIpc) is 3.55. The van der Waals surface area contributed by atoms with Crippen molar-refractivity contribution in [3.05, 3.63) is 236 Å². The molecule has 0 aliphatic heterocycles. The number of anilines is 3. The van der Waals surface area contributed by atoms with E-state index in [0.717, 1.165) is 11.4 Å². The zero-order chi connectivity index (χ0) is 40.2. The normalized spacial score (nSPS) is 12.6. The SMILES string of the molecule is CC1(C)c2ccccc2-c2ccc(N(c3ccc(-c4cc(-c5ccccc5)ccc4-c4ccccc4)cc3)c3c(-c4ccccc4)c4ccccc4c4ccccc34)cc21. The molecular formula is C59H43N. The molecule has 0 amide bonds. The van der Waals surface area contributed by atoms with Gasteiger partial charge in [0.15, 0.2) is 0 Å². The number of fused-ring (bicyclic) bond motifs is 6. The van der Waals surface area contributed by atoms with Crippen LogP contribution in [0.3, 0.4) is 0 Å². The summed E-state index contributed by atoms with van der Waals surface area (Å²) in [5.74, 6) is 0. The van der Waals surface area contributed by atoms with Gasteiger partial charge in [-0.1, -0.05) is 208 Å². The molecule has 10 aromatic carbocycles. The van der Waals surface area contributed by atoms with Crippen LogP contribution >= 0.6 is 0 Å². The summed E-state index contributed by atoms with van der Waals surface area (Å²) in [5, 5.41) is 4.94. The van der Waals surface area contributed by atoms with Crippen LogP contribution in [0.15, 0.2) is 224 Å². The first-order valence-electron chi connectivity index (χ1n) is 20.9. The van der Waals surface area contributed by atoms with Gasteiger partial charge in [0.1, 0.15) is 0 Å². The minimum Gasteiger partial charge on any atom is -0.309 e. The summed E-state index contributed by atoms with van der Waals surface area (Å²) in [6.45, 7) is 4.74. The maximum absolute atomic E-state index is 2.53. The van der Waals surface area contributed by atoms with E-state index >= 15 is 0 Å². The van der Waals surface area contributed by atoms with Crippen molar-refractivity contribution in [2.45, 2.75) is 19.3 Å². The zero-order valence-corrected chi connectivity index (χ0v) is 33.8. The van der Waals surface area contributed by atoms with Gasteiger partial charge in [-0.05, 0) is 108 Å². The summed E-state index contributed by atoms with van der Waals surface area (Å²) in [6.07, 6.45) is 0. The first-order valence-corrected chi connectivity index (χ1v) is 20.9. The highest BCUT2D eigenvalue weighted by Gasteiger charge is 2.36. The van der Waals surface area contributed by atoms with Crippen molar-refractivity contribution < 1.29 is 0 Å². The zero-order valence-electron chi connectivity index (χ0n) is 33.8. The third-order valence-electron chi connectivity index (χ3n) is 12.7. The highest BCUT2D eigenvalue weighted by Crippen LogP contribution is 2.53. The summed E-state index contributed by atoms with van der Waals surface area (Å²) in [6, 6.07) is 82.5. The molecule has 0 saturated heterocycles. The van der Waals surface area contributed by atoms with Crippen molar-refractivity contribution in [3.63, 3.8) is 0 Å². The Morgan fingerprint density at radius 1 is 0.300 bits per heavy atom. The third kappa shape index (κ3) is 5.85. The Balaban J connectivity index is 1.17. The molecule has 1 aliphatic rings. The number of rotatable bonds is 7. The fourth-order valence-corrected chi connectivity index (χ4v) is 9.74. The Kier molecular flexibility index (Phi) is 8.57. The van der Waals surface area contributed by atoms with E-state index in [1.807, 2.05) is 0 Å². The molecule has 0 unspecified atom stereocenters. The second kappa shape index (κ2) is 14.4. The van der Waals surface area contributed by atoms with Crippen LogP contribution in [0.25, 0.3) is 77.2 Å². The topological polar surface area (TPSA) is 3.24 Å². The minimum atomic E-state index is -0.150. The third-order valence-corrected chi connectivity index (χ3v) is 12.7. The molecule has 0 heterocycles. The summed E-state index contributed by atoms with van der Waals surface area (Å²) in [7, 11) is 0. The Morgan fingerprint density at radius 3 is 1.48 bits per heavy atom. The molecular weight excluding hydrogens is 723 g/mol. The van der Waals surface area contributed by atoms with Crippen LogP contribution in [-0.2, 0) is 5.41 Å². The maximum atomic E-state index is 2.53. The highest BCUT2D eigenvalue weighted by molar-refractivity contribution is 6.22. The highest BCUT2D eigenvalue weighted by atomic mass is 15.1. The van der Waals surface area contributed by atoms with Crippen LogP contribution in [0.1, 0.15) is 25.0 Å². The van der Waals surface area contributed by atoms with Crippen molar-refractivity contribution in [2.75, 3.05) is 4.90 Å². The molecule has 1 nitrogen and oxygen atoms in total. The molecule has 0 N–H and O–H groups in total. The van der Waals surface area contributed by atoms with Gasteiger partial charge in [-0.25, -0.2) is 0 Å². The summed E-state index contributed by atoms with van der Waals surface area (Å²) >= 11 is 0. The molecule has 1 heteroatoms. The number of nitrogens with zero attached hydrogens (tertiary/aromatic N) is 1. The molecule has 284 valence electrons. The van der Waals surface area contributed by atoms with Crippen LogP contribution < -0.4 is 4.90 Å². The Labute approximate surface area is 352 Å². The van der Waals surface area contributed by atoms with Gasteiger partial charge in [0.25, 0.3) is 0 Å². The molecule has 1 aliphatic carbocycles. The lowest BCUT2D eigenvalue weighted by Crippen LogP contribution is -2.17. The summed E-state index contributed by atoms with van der Waals surface area (Å²) in [4.78, 5) is 2.53. The van der Waals surface area contributed by atoms with E-state index in [9.17, 15) is 0 Å². The van der Waals surface area contributed by atoms with Gasteiger partial charge in [-0.15, -0.1) is 0 Å². The van der Waals surface area contributed by atoms with E-state index in [0.29, 0.717) is 0 Å². The standard InChI is InChI=1S/C59H43N/c1-59(2)55-29-17-16-26-50(55)51-37-35-46(39-56(51)59)60(58-53-28-15-13-25-49(53)48-24-12-14-27-52(48)57(58)43-22-10-5-11-23-43)45-33-30-42(31-34-45)54-38-44(40-18-6-3-7-19-40)32-36-47(54)41-20-8-4-9-21-41/h3-39H,1-2H3. The van der Waals surface area contributed by atoms with Crippen LogP contribution in [0, 0.1) is 0 Å². The Bertz CT molecular complexity index is 3200. The van der Waals surface area contributed by atoms with Crippen LogP contribution in [0.5, 0.6) is 0 Å². The van der Waals surface area contributed by atoms with Gasteiger partial charge in [0, 0.05) is 27.7 Å². The second-order valence-electron chi connectivity index (χ2n) is 16.5. The fourth-order valence-electron chi connectivity index (χ4n) is 9.74. The van der Waals surface area contributed by atoms with Gasteiger partial charge < -0.3 is 4.90 Å². The van der Waals surface area contributed by atoms with E-state index < -0.39 is 0 Å². The molecule has 0 saturated carbocycles.